The summed E-state index contributed by atoms with van der Waals surface area (Å²) in [5, 5.41) is 0. The van der Waals surface area contributed by atoms with E-state index in [-0.39, 0.29) is 12.2 Å². The molecular formula is C27H59O3Si3+. The van der Waals surface area contributed by atoms with E-state index in [1.165, 1.54) is 0 Å². The second kappa shape index (κ2) is 12.1. The Labute approximate surface area is 211 Å². The Kier molecular flexibility index (Phi) is 11.5. The quantitative estimate of drug-likeness (QED) is 0.180. The molecule has 0 saturated heterocycles. The summed E-state index contributed by atoms with van der Waals surface area (Å²) in [6.45, 7) is 37.7. The molecule has 1 aliphatic carbocycles. The van der Waals surface area contributed by atoms with Crippen molar-refractivity contribution in [1.82, 2.24) is 0 Å². The van der Waals surface area contributed by atoms with Gasteiger partial charge in [-0.2, -0.15) is 0 Å². The Bertz CT molecular complexity index is 538. The lowest BCUT2D eigenvalue weighted by molar-refractivity contribution is 0.0355. The molecule has 33 heavy (non-hydrogen) atoms. The van der Waals surface area contributed by atoms with Gasteiger partial charge >= 0.3 is 0 Å². The first kappa shape index (κ1) is 31.4. The molecule has 0 unspecified atom stereocenters. The van der Waals surface area contributed by atoms with Gasteiger partial charge in [-0.05, 0) is 65.7 Å². The Balaban J connectivity index is 3.24. The van der Waals surface area contributed by atoms with Crippen molar-refractivity contribution < 1.29 is 13.3 Å². The zero-order valence-corrected chi connectivity index (χ0v) is 27.9. The second-order valence-corrected chi connectivity index (χ2v) is 28.8. The van der Waals surface area contributed by atoms with E-state index < -0.39 is 25.0 Å². The van der Waals surface area contributed by atoms with Gasteiger partial charge in [-0.3, -0.25) is 0 Å². The summed E-state index contributed by atoms with van der Waals surface area (Å²) < 4.78 is 21.2. The maximum Gasteiger partial charge on any atom is 0.269 e. The zero-order chi connectivity index (χ0) is 25.9. The van der Waals surface area contributed by atoms with E-state index in [1.54, 1.807) is 0 Å². The highest BCUT2D eigenvalue weighted by Crippen LogP contribution is 2.48. The van der Waals surface area contributed by atoms with Crippen molar-refractivity contribution >= 4 is 25.0 Å². The van der Waals surface area contributed by atoms with E-state index in [2.05, 4.69) is 109 Å². The predicted molar refractivity (Wildman–Crippen MR) is 153 cm³/mol. The highest BCUT2D eigenvalue weighted by Gasteiger charge is 2.55. The Morgan fingerprint density at radius 3 is 1.30 bits per heavy atom. The van der Waals surface area contributed by atoms with Gasteiger partial charge in [0.2, 0.25) is 14.9 Å². The van der Waals surface area contributed by atoms with Gasteiger partial charge in [0, 0.05) is 0 Å². The molecule has 0 spiro atoms. The maximum absolute atomic E-state index is 7.32. The van der Waals surface area contributed by atoms with E-state index in [4.69, 9.17) is 13.3 Å². The van der Waals surface area contributed by atoms with Crippen molar-refractivity contribution in [3.8, 4) is 0 Å². The van der Waals surface area contributed by atoms with Crippen LogP contribution in [0.2, 0.25) is 52.9 Å². The lowest BCUT2D eigenvalue weighted by Crippen LogP contribution is -2.53. The fourth-order valence-electron chi connectivity index (χ4n) is 7.09. The third kappa shape index (κ3) is 7.00. The van der Waals surface area contributed by atoms with Crippen LogP contribution in [-0.4, -0.2) is 37.2 Å². The lowest BCUT2D eigenvalue weighted by atomic mass is 10.1. The normalized spacial score (nSPS) is 23.2. The van der Waals surface area contributed by atoms with Crippen LogP contribution in [0.4, 0.5) is 0 Å². The minimum absolute atomic E-state index is 0.123. The summed E-state index contributed by atoms with van der Waals surface area (Å²) in [7, 11) is -5.63. The average Bonchev–Trinajstić information content (AvgIpc) is 2.97. The number of hydrogen-bond donors (Lipinski definition) is 0. The molecule has 1 saturated carbocycles. The summed E-state index contributed by atoms with van der Waals surface area (Å²) in [6.07, 6.45) is 2.50. The first-order valence-corrected chi connectivity index (χ1v) is 21.5. The van der Waals surface area contributed by atoms with Gasteiger partial charge in [0.15, 0.2) is 14.2 Å². The van der Waals surface area contributed by atoms with Crippen LogP contribution in [0.3, 0.4) is 0 Å². The van der Waals surface area contributed by atoms with Crippen molar-refractivity contribution in [2.24, 2.45) is 5.92 Å². The third-order valence-electron chi connectivity index (χ3n) is 8.28. The number of rotatable bonds is 13. The van der Waals surface area contributed by atoms with E-state index in [0.717, 1.165) is 12.8 Å². The fourth-order valence-corrected chi connectivity index (χ4v) is 19.1. The Morgan fingerprint density at radius 1 is 0.576 bits per heavy atom. The van der Waals surface area contributed by atoms with E-state index in [9.17, 15) is 0 Å². The summed E-state index contributed by atoms with van der Waals surface area (Å²) in [4.78, 5) is 0. The molecule has 1 fully saturated rings. The summed E-state index contributed by atoms with van der Waals surface area (Å²) in [5.41, 5.74) is 3.52. The molecule has 6 heteroatoms. The summed E-state index contributed by atoms with van der Waals surface area (Å²) in [6, 6.07) is 0. The molecule has 3 nitrogen and oxygen atoms in total. The SMILES string of the molecule is CC(C)[Si](O[CH+][C@@H]1CC[C@@H](O[Si](C(C)C)(C(C)C)C(C)C)[C@@H]1O[Si](C)(C)C)(C(C)C)C(C)C. The topological polar surface area (TPSA) is 27.7 Å². The summed E-state index contributed by atoms with van der Waals surface area (Å²) in [5.74, 6) is 0.322. The maximum atomic E-state index is 7.32. The lowest BCUT2D eigenvalue weighted by Gasteiger charge is -2.45. The van der Waals surface area contributed by atoms with Crippen LogP contribution >= 0.6 is 0 Å². The Morgan fingerprint density at radius 2 is 0.970 bits per heavy atom. The smallest absolute Gasteiger partial charge is 0.269 e. The fraction of sp³-hybridized carbons (Fsp3) is 0.963. The molecule has 0 aromatic carbocycles. The van der Waals surface area contributed by atoms with Crippen LogP contribution in [-0.2, 0) is 13.3 Å². The molecule has 1 aliphatic rings. The van der Waals surface area contributed by atoms with E-state index in [0.29, 0.717) is 39.2 Å². The molecule has 0 aromatic rings. The van der Waals surface area contributed by atoms with E-state index >= 15 is 0 Å². The van der Waals surface area contributed by atoms with Crippen LogP contribution < -0.4 is 0 Å². The molecule has 1 rings (SSSR count). The molecule has 0 N–H and O–H groups in total. The number of hydrogen-bond acceptors (Lipinski definition) is 3. The summed E-state index contributed by atoms with van der Waals surface area (Å²) >= 11 is 0. The molecular weight excluding hydrogens is 457 g/mol. The van der Waals surface area contributed by atoms with Crippen LogP contribution in [0.25, 0.3) is 0 Å². The Hall–Kier alpha value is 0.401. The van der Waals surface area contributed by atoms with Gasteiger partial charge in [-0.25, -0.2) is 4.43 Å². The van der Waals surface area contributed by atoms with Crippen LogP contribution in [0.15, 0.2) is 0 Å². The molecule has 0 heterocycles. The van der Waals surface area contributed by atoms with Crippen molar-refractivity contribution in [3.63, 3.8) is 0 Å². The van der Waals surface area contributed by atoms with Crippen molar-refractivity contribution in [3.05, 3.63) is 6.61 Å². The van der Waals surface area contributed by atoms with E-state index in [1.807, 2.05) is 0 Å². The largest absolute Gasteiger partial charge is 0.410 e. The van der Waals surface area contributed by atoms with Gasteiger partial charge in [0.1, 0.15) is 6.10 Å². The monoisotopic (exact) mass is 515 g/mol. The molecule has 3 atom stereocenters. The van der Waals surface area contributed by atoms with Gasteiger partial charge < -0.3 is 8.85 Å². The van der Waals surface area contributed by atoms with Crippen LogP contribution in [0.1, 0.15) is 95.9 Å². The standard InChI is InChI=1S/C27H59O3Si3/c1-19(2)32(20(3)4,21(5)6)28-18-25-16-17-26(27(25)30-31(13,14)15)29-33(22(7)8,23(9)10)24(11)12/h18-27H,16-17H2,1-15H3/q+1/t25-,26+,27+/m0/s1. The molecule has 0 aliphatic heterocycles. The first-order chi connectivity index (χ1) is 14.9. The molecule has 196 valence electrons. The third-order valence-corrected chi connectivity index (χ3v) is 21.3. The first-order valence-electron chi connectivity index (χ1n) is 13.8. The van der Waals surface area contributed by atoms with Gasteiger partial charge in [-0.1, -0.05) is 83.1 Å². The zero-order valence-electron chi connectivity index (χ0n) is 24.9. The second-order valence-electron chi connectivity index (χ2n) is 13.5. The average molecular weight is 516 g/mol. The van der Waals surface area contributed by atoms with Gasteiger partial charge in [-0.15, -0.1) is 0 Å². The molecule has 0 bridgehead atoms. The van der Waals surface area contributed by atoms with Gasteiger partial charge in [0.05, 0.1) is 6.10 Å². The van der Waals surface area contributed by atoms with Crippen molar-refractivity contribution in [1.29, 1.82) is 0 Å². The predicted octanol–water partition coefficient (Wildman–Crippen LogP) is 9.53. The highest BCUT2D eigenvalue weighted by atomic mass is 28.4. The van der Waals surface area contributed by atoms with Crippen LogP contribution in [0.5, 0.6) is 0 Å². The van der Waals surface area contributed by atoms with Crippen molar-refractivity contribution in [2.75, 3.05) is 0 Å². The van der Waals surface area contributed by atoms with Crippen molar-refractivity contribution in [2.45, 2.75) is 161 Å². The van der Waals surface area contributed by atoms with Crippen LogP contribution in [0, 0.1) is 12.5 Å². The molecule has 0 aromatic heterocycles. The minimum Gasteiger partial charge on any atom is -0.410 e. The minimum atomic E-state index is -1.96. The highest BCUT2D eigenvalue weighted by molar-refractivity contribution is 6.78. The molecule has 0 radical (unpaired) electrons. The molecule has 0 amide bonds. The van der Waals surface area contributed by atoms with Gasteiger partial charge in [0.25, 0.3) is 8.32 Å².